The van der Waals surface area contributed by atoms with Gasteiger partial charge < -0.3 is 58.5 Å². The van der Waals surface area contributed by atoms with E-state index in [-0.39, 0.29) is 138 Å². The molecule has 144 heavy (non-hydrogen) atoms. The van der Waals surface area contributed by atoms with Gasteiger partial charge >= 0.3 is 0 Å². The standard InChI is InChI=1S/4C25H36N6O4S/c4*1-5-8-20-22-23(31(4)29-20)25(32)28-24(27-22)19-16-18(10-11-21(19)35-15-6-2)36(33,34)26-13-12-17-9-7-14-30(17)3/h4*10-11,16-17,26H,5-9,12-15H2,1-4H3,(H,27,28,32)/i1D3,5D2,8D2,12D2,13D2;1D3,5D2,12D2,13D2;2*1D3,5D2,8D2,12D2. The van der Waals surface area contributed by atoms with Crippen LogP contribution in [0.2, 0.25) is 0 Å². The van der Waals surface area contributed by atoms with Gasteiger partial charge in [0.1, 0.15) is 68.4 Å². The number of aryl methyl sites for hydroxylation is 8. The quantitative estimate of drug-likeness (QED) is 0.0176. The molecule has 8 aromatic heterocycles. The van der Waals surface area contributed by atoms with Crippen molar-refractivity contribution in [1.82, 2.24) is 117 Å². The van der Waals surface area contributed by atoms with E-state index in [2.05, 4.69) is 69.7 Å². The highest BCUT2D eigenvalue weighted by atomic mass is 32.2. The van der Waals surface area contributed by atoms with Crippen molar-refractivity contribution in [3.8, 4) is 68.5 Å². The summed E-state index contributed by atoms with van der Waals surface area (Å²) in [5, 5.41) is 15.9. The Balaban J connectivity index is 0.000000197. The molecule has 4 saturated heterocycles. The molecule has 16 rings (SSSR count). The number of nitrogens with one attached hydrogen (secondary N) is 8. The van der Waals surface area contributed by atoms with Crippen molar-refractivity contribution >= 4 is 84.2 Å². The maximum absolute atomic E-state index is 13.5. The van der Waals surface area contributed by atoms with Crippen molar-refractivity contribution in [2.75, 3.05) is 107 Å². The van der Waals surface area contributed by atoms with E-state index in [1.54, 1.807) is 44.9 Å². The Bertz CT molecular complexity index is 8840. The van der Waals surface area contributed by atoms with Crippen LogP contribution in [0.1, 0.15) is 258 Å². The van der Waals surface area contributed by atoms with Crippen LogP contribution in [0.3, 0.4) is 0 Å². The van der Waals surface area contributed by atoms with E-state index in [0.29, 0.717) is 90.4 Å². The number of ether oxygens (including phenoxy) is 4. The van der Waals surface area contributed by atoms with Gasteiger partial charge in [0.15, 0.2) is 22.1 Å². The van der Waals surface area contributed by atoms with E-state index in [1.165, 1.54) is 76.7 Å². The molecule has 0 saturated carbocycles. The molecule has 4 atom stereocenters. The first-order valence-electron chi connectivity index (χ1n) is 65.2. The Labute approximate surface area is 896 Å². The normalized spacial score (nSPS) is 22.3. The highest BCUT2D eigenvalue weighted by Gasteiger charge is 2.32. The van der Waals surface area contributed by atoms with Gasteiger partial charge in [-0.3, -0.25) is 37.9 Å². The minimum absolute atomic E-state index is 0.0157. The zero-order chi connectivity index (χ0) is 137. The summed E-state index contributed by atoms with van der Waals surface area (Å²) in [7, 11) is -5.97. The monoisotopic (exact) mass is 2100 g/mol. The average Bonchev–Trinajstić information content (AvgIpc) is 1.57. The number of likely N-dealkylation sites (tertiary alicyclic amines) is 4. The zero-order valence-corrected chi connectivity index (χ0v) is 84.6. The Morgan fingerprint density at radius 1 is 0.354 bits per heavy atom. The predicted octanol–water partition coefficient (Wildman–Crippen LogP) is 11.3. The molecule has 12 aromatic rings. The summed E-state index contributed by atoms with van der Waals surface area (Å²) in [6, 6.07) is 11.7. The second-order valence-corrected chi connectivity index (χ2v) is 40.8. The summed E-state index contributed by atoms with van der Waals surface area (Å²) in [5.41, 5.74) is -8.13. The molecule has 4 unspecified atom stereocenters. The number of sulfonamides is 4. The number of nitrogens with zero attached hydrogens (tertiary/aromatic N) is 16. The summed E-state index contributed by atoms with van der Waals surface area (Å²) < 4.78 is 451. The summed E-state index contributed by atoms with van der Waals surface area (Å²) in [6.07, 6.45) is -25.5. The number of benzene rings is 4. The molecule has 4 fully saturated rings. The Morgan fingerprint density at radius 2 is 0.604 bits per heavy atom. The lowest BCUT2D eigenvalue weighted by Crippen LogP contribution is -2.31. The van der Waals surface area contributed by atoms with E-state index < -0.39 is 260 Å². The number of aromatic nitrogens is 16. The second-order valence-electron chi connectivity index (χ2n) is 33.9. The molecule has 4 aliphatic heterocycles. The fraction of sp³-hybridized carbons (Fsp3) is 0.560. The van der Waals surface area contributed by atoms with Gasteiger partial charge in [-0.25, -0.2) is 72.5 Å². The lowest BCUT2D eigenvalue weighted by Gasteiger charge is -2.19. The molecule has 44 heteroatoms. The van der Waals surface area contributed by atoms with Crippen LogP contribution in [0.5, 0.6) is 23.0 Å². The van der Waals surface area contributed by atoms with Gasteiger partial charge in [-0.2, -0.15) is 20.4 Å². The van der Waals surface area contributed by atoms with Crippen LogP contribution in [0, 0.1) is 0 Å². The van der Waals surface area contributed by atoms with Crippen molar-refractivity contribution < 1.29 is 105 Å². The van der Waals surface area contributed by atoms with Gasteiger partial charge in [0.2, 0.25) is 40.1 Å². The first-order chi connectivity index (χ1) is 83.3. The van der Waals surface area contributed by atoms with Crippen molar-refractivity contribution in [3.63, 3.8) is 0 Å². The third-order valence-corrected chi connectivity index (χ3v) is 29.0. The van der Waals surface area contributed by atoms with Gasteiger partial charge in [0, 0.05) is 131 Å². The fourth-order valence-corrected chi connectivity index (χ4v) is 20.0. The minimum atomic E-state index is -4.78. The van der Waals surface area contributed by atoms with E-state index in [1.807, 2.05) is 40.0 Å². The van der Waals surface area contributed by atoms with E-state index in [9.17, 15) is 52.8 Å². The van der Waals surface area contributed by atoms with E-state index >= 15 is 0 Å². The molecule has 4 aliphatic rings. The van der Waals surface area contributed by atoms with E-state index in [4.69, 9.17) is 71.0 Å². The first-order valence-corrected chi connectivity index (χ1v) is 52.1. The van der Waals surface area contributed by atoms with Crippen LogP contribution in [-0.4, -0.2) is 263 Å². The van der Waals surface area contributed by atoms with Gasteiger partial charge in [-0.15, -0.1) is 0 Å². The Hall–Kier alpha value is -11.0. The van der Waals surface area contributed by atoms with Gasteiger partial charge in [0.05, 0.1) is 91.0 Å². The van der Waals surface area contributed by atoms with Crippen LogP contribution in [-0.2, 0) is 93.8 Å². The van der Waals surface area contributed by atoms with Crippen LogP contribution >= 0.6 is 0 Å². The van der Waals surface area contributed by atoms with Crippen LogP contribution in [0.15, 0.2) is 112 Å². The molecule has 40 nitrogen and oxygen atoms in total. The van der Waals surface area contributed by atoms with Crippen molar-refractivity contribution in [2.24, 2.45) is 28.2 Å². The first kappa shape index (κ1) is 69.2. The summed E-state index contributed by atoms with van der Waals surface area (Å²) in [6.45, 7) is -9.72. The third kappa shape index (κ3) is 26.5. The molecule has 4 aromatic carbocycles. The molecular formula is C100H144N24O16S4. The van der Waals surface area contributed by atoms with Crippen molar-refractivity contribution in [3.05, 3.63) is 137 Å². The molecule has 12 heterocycles. The number of aromatic amines is 4. The summed E-state index contributed by atoms with van der Waals surface area (Å²) in [4.78, 5) is 85.8. The Kier molecular flexibility index (Phi) is 24.0. The number of hydrogen-bond donors (Lipinski definition) is 8. The fourth-order valence-electron chi connectivity index (χ4n) is 16.4. The lowest BCUT2D eigenvalue weighted by atomic mass is 10.1. The molecule has 0 aliphatic carbocycles. The number of hydrogen-bond acceptors (Lipinski definition) is 28. The maximum Gasteiger partial charge on any atom is 0.277 e. The maximum atomic E-state index is 13.5. The highest BCUT2D eigenvalue weighted by Crippen LogP contribution is 2.38. The zero-order valence-electron chi connectivity index (χ0n) is 119. The summed E-state index contributed by atoms with van der Waals surface area (Å²) >= 11 is 0. The predicted molar refractivity (Wildman–Crippen MR) is 559 cm³/mol. The molecule has 8 N–H and O–H groups in total. The van der Waals surface area contributed by atoms with Gasteiger partial charge in [-0.05, 0) is 255 Å². The second kappa shape index (κ2) is 49.9. The smallest absolute Gasteiger partial charge is 0.277 e. The SMILES string of the molecule is [2H]C([2H])(CNS(=O)(=O)c1ccc(OCCC)c(-c2nc3c(C([2H])([2H])C([2H])([2H])C([2H])([2H])[2H])nn(C)c3c(=O)[nH]2)c1)C1CCCN1C.[2H]C([2H])(CNS(=O)(=O)c1ccc(OCCC)c(-c2nc3c(C([2H])([2H])C([2H])([2H])C([2H])([2H])[2H])nn(C)c3c(=O)[nH]2)c1)C1CCCN1C.[2H]C([2H])([2H])C([2H])([2H])C([2H])([2H])c1nn(C)c2c(=O)[nH]c(-c3cc(S(=O)(=O)NC([2H])([2H])C([2H])([2H])C4CCCN4C)ccc3OCCC)nc12.[2H]C([2H])([2H])C([2H])([2H])Cc1nn(C)c2c(=O)[nH]c(-c3cc(S(=O)(=O)NC([2H])([2H])C([2H])([2H])C4CCCN4C)ccc3OCCC)nc12. The largest absolute Gasteiger partial charge is 0.493 e. The van der Waals surface area contributed by atoms with E-state index in [0.717, 1.165) is 55.8 Å². The number of fused-ring (bicyclic) bond motifs is 4. The van der Waals surface area contributed by atoms with Gasteiger partial charge in [-0.1, -0.05) is 80.6 Å². The topological polar surface area (TPSA) is 489 Å². The third-order valence-electron chi connectivity index (χ3n) is 23.7. The van der Waals surface area contributed by atoms with Crippen molar-refractivity contribution in [2.45, 2.75) is 252 Å². The lowest BCUT2D eigenvalue weighted by molar-refractivity contribution is 0.297. The van der Waals surface area contributed by atoms with Crippen LogP contribution < -0.4 is 60.1 Å². The van der Waals surface area contributed by atoms with Crippen LogP contribution in [0.25, 0.3) is 89.7 Å². The Morgan fingerprint density at radius 3 is 0.854 bits per heavy atom. The molecule has 0 spiro atoms. The van der Waals surface area contributed by atoms with Gasteiger partial charge in [0.25, 0.3) is 22.2 Å². The minimum Gasteiger partial charge on any atom is -0.493 e. The number of H-pyrrole nitrogens is 4. The van der Waals surface area contributed by atoms with Crippen LogP contribution in [0.4, 0.5) is 0 Å². The summed E-state index contributed by atoms with van der Waals surface area (Å²) in [5.74, 6) is -0.713. The molecule has 0 radical (unpaired) electrons. The molecular weight excluding hydrogens is 1920 g/mol. The van der Waals surface area contributed by atoms with Crippen molar-refractivity contribution in [1.29, 1.82) is 0 Å². The highest BCUT2D eigenvalue weighted by molar-refractivity contribution is 7.90. The molecule has 0 bridgehead atoms. The molecule has 784 valence electrons. The molecule has 0 amide bonds. The number of rotatable bonds is 44. The average molecular weight is 2100 g/mol.